The van der Waals surface area contributed by atoms with Gasteiger partial charge in [-0.15, -0.1) is 10.2 Å². The lowest BCUT2D eigenvalue weighted by Gasteiger charge is -2.14. The van der Waals surface area contributed by atoms with E-state index in [0.29, 0.717) is 24.1 Å². The van der Waals surface area contributed by atoms with Gasteiger partial charge >= 0.3 is 0 Å². The molecule has 6 nitrogen and oxygen atoms in total. The summed E-state index contributed by atoms with van der Waals surface area (Å²) in [4.78, 5) is 12.4. The average molecular weight is 441 g/mol. The van der Waals surface area contributed by atoms with E-state index in [1.807, 2.05) is 35.8 Å². The molecule has 1 aromatic heterocycles. The van der Waals surface area contributed by atoms with E-state index in [1.165, 1.54) is 29.5 Å². The molecule has 0 bridgehead atoms. The maximum atomic E-state index is 13.3. The quantitative estimate of drug-likeness (QED) is 0.537. The number of aryl methyl sites for hydroxylation is 1. The highest BCUT2D eigenvalue weighted by Crippen LogP contribution is 2.26. The first kappa shape index (κ1) is 21.5. The molecule has 1 atom stereocenters. The highest BCUT2D eigenvalue weighted by Gasteiger charge is 2.22. The van der Waals surface area contributed by atoms with Crippen LogP contribution in [0.4, 0.5) is 4.39 Å². The van der Waals surface area contributed by atoms with Crippen LogP contribution in [-0.4, -0.2) is 39.1 Å². The Kier molecular flexibility index (Phi) is 6.99. The summed E-state index contributed by atoms with van der Waals surface area (Å²) in [6.07, 6.45) is 2.09. The number of thioether (sulfide) groups is 1. The fourth-order valence-electron chi connectivity index (χ4n) is 3.45. The second kappa shape index (κ2) is 10.1. The Morgan fingerprint density at radius 3 is 2.68 bits per heavy atom. The molecule has 1 N–H and O–H groups in total. The van der Waals surface area contributed by atoms with Crippen LogP contribution in [-0.2, 0) is 22.6 Å². The molecule has 0 radical (unpaired) electrons. The van der Waals surface area contributed by atoms with E-state index in [2.05, 4.69) is 15.5 Å². The molecule has 8 heteroatoms. The number of ether oxygens (including phenoxy) is 1. The topological polar surface area (TPSA) is 69.0 Å². The van der Waals surface area contributed by atoms with Gasteiger partial charge in [0.05, 0.1) is 18.4 Å². The highest BCUT2D eigenvalue weighted by molar-refractivity contribution is 7.99. The Hall–Kier alpha value is -2.71. The van der Waals surface area contributed by atoms with Gasteiger partial charge in [0.1, 0.15) is 5.82 Å². The largest absolute Gasteiger partial charge is 0.376 e. The number of carbonyl (C=O) groups is 1. The third-order valence-corrected chi connectivity index (χ3v) is 6.14. The number of benzene rings is 2. The number of nitrogens with one attached hydrogen (secondary N) is 1. The zero-order chi connectivity index (χ0) is 21.6. The summed E-state index contributed by atoms with van der Waals surface area (Å²) in [5.41, 5.74) is 3.03. The fraction of sp³-hybridized carbons (Fsp3) is 0.348. The number of nitrogens with zero attached hydrogens (tertiary/aromatic N) is 3. The lowest BCUT2D eigenvalue weighted by molar-refractivity contribution is -0.118. The van der Waals surface area contributed by atoms with E-state index < -0.39 is 0 Å². The van der Waals surface area contributed by atoms with Gasteiger partial charge < -0.3 is 10.1 Å². The molecular weight excluding hydrogens is 415 g/mol. The van der Waals surface area contributed by atoms with Gasteiger partial charge in [-0.05, 0) is 49.6 Å². The molecule has 0 unspecified atom stereocenters. The van der Waals surface area contributed by atoms with Crippen molar-refractivity contribution in [3.63, 3.8) is 0 Å². The predicted octanol–water partition coefficient (Wildman–Crippen LogP) is 3.98. The van der Waals surface area contributed by atoms with Crippen molar-refractivity contribution in [1.82, 2.24) is 20.1 Å². The number of hydrogen-bond donors (Lipinski definition) is 1. The van der Waals surface area contributed by atoms with Crippen molar-refractivity contribution in [2.45, 2.75) is 44.1 Å². The number of carbonyl (C=O) groups excluding carboxylic acids is 1. The molecule has 1 aliphatic heterocycles. The van der Waals surface area contributed by atoms with Crippen LogP contribution in [0.25, 0.3) is 11.4 Å². The fourth-order valence-corrected chi connectivity index (χ4v) is 4.23. The summed E-state index contributed by atoms with van der Waals surface area (Å²) < 4.78 is 21.1. The van der Waals surface area contributed by atoms with E-state index in [0.717, 1.165) is 30.6 Å². The molecule has 3 aromatic rings. The van der Waals surface area contributed by atoms with Crippen molar-refractivity contribution < 1.29 is 13.9 Å². The first-order valence-corrected chi connectivity index (χ1v) is 11.3. The SMILES string of the molecule is Cc1ccc(CNC(=O)CSc2nnc(-c3ccc(F)cc3)n2C[C@H]2CCCO2)cc1. The molecule has 31 heavy (non-hydrogen) atoms. The van der Waals surface area contributed by atoms with Crippen LogP contribution in [0.5, 0.6) is 0 Å². The minimum Gasteiger partial charge on any atom is -0.376 e. The highest BCUT2D eigenvalue weighted by atomic mass is 32.2. The zero-order valence-corrected chi connectivity index (χ0v) is 18.2. The van der Waals surface area contributed by atoms with Gasteiger partial charge in [-0.2, -0.15) is 0 Å². The maximum absolute atomic E-state index is 13.3. The molecular formula is C23H25FN4O2S. The van der Waals surface area contributed by atoms with Gasteiger partial charge in [0.2, 0.25) is 5.91 Å². The van der Waals surface area contributed by atoms with Crippen molar-refractivity contribution in [2.24, 2.45) is 0 Å². The van der Waals surface area contributed by atoms with Crippen LogP contribution in [0.1, 0.15) is 24.0 Å². The molecule has 2 heterocycles. The molecule has 1 amide bonds. The van der Waals surface area contributed by atoms with Crippen LogP contribution in [0.15, 0.2) is 53.7 Å². The van der Waals surface area contributed by atoms with Gasteiger partial charge in [-0.1, -0.05) is 41.6 Å². The Morgan fingerprint density at radius 1 is 1.19 bits per heavy atom. The lowest BCUT2D eigenvalue weighted by Crippen LogP contribution is -2.25. The second-order valence-electron chi connectivity index (χ2n) is 7.61. The van der Waals surface area contributed by atoms with Crippen LogP contribution in [0, 0.1) is 12.7 Å². The molecule has 1 aliphatic rings. The molecule has 4 rings (SSSR count). The first-order chi connectivity index (χ1) is 15.1. The van der Waals surface area contributed by atoms with Crippen LogP contribution < -0.4 is 5.32 Å². The molecule has 0 aliphatic carbocycles. The van der Waals surface area contributed by atoms with E-state index in [4.69, 9.17) is 4.74 Å². The minimum atomic E-state index is -0.297. The van der Waals surface area contributed by atoms with Gasteiger partial charge in [-0.25, -0.2) is 4.39 Å². The Morgan fingerprint density at radius 2 is 1.97 bits per heavy atom. The van der Waals surface area contributed by atoms with E-state index in [1.54, 1.807) is 12.1 Å². The van der Waals surface area contributed by atoms with Crippen LogP contribution in [0.2, 0.25) is 0 Å². The third-order valence-electron chi connectivity index (χ3n) is 5.17. The third kappa shape index (κ3) is 5.71. The Balaban J connectivity index is 1.43. The first-order valence-electron chi connectivity index (χ1n) is 10.3. The summed E-state index contributed by atoms with van der Waals surface area (Å²) in [6, 6.07) is 14.3. The Bertz CT molecular complexity index is 1020. The van der Waals surface area contributed by atoms with Gasteiger partial charge in [-0.3, -0.25) is 9.36 Å². The molecule has 0 spiro atoms. The monoisotopic (exact) mass is 440 g/mol. The van der Waals surface area contributed by atoms with Gasteiger partial charge in [0, 0.05) is 18.7 Å². The zero-order valence-electron chi connectivity index (χ0n) is 17.4. The van der Waals surface area contributed by atoms with Crippen molar-refractivity contribution >= 4 is 17.7 Å². The van der Waals surface area contributed by atoms with E-state index >= 15 is 0 Å². The van der Waals surface area contributed by atoms with Crippen molar-refractivity contribution in [2.75, 3.05) is 12.4 Å². The second-order valence-corrected chi connectivity index (χ2v) is 8.55. The molecule has 0 saturated carbocycles. The van der Waals surface area contributed by atoms with Gasteiger partial charge in [0.15, 0.2) is 11.0 Å². The number of rotatable bonds is 8. The smallest absolute Gasteiger partial charge is 0.230 e. The standard InChI is InChI=1S/C23H25FN4O2S/c1-16-4-6-17(7-5-16)13-25-21(29)15-31-23-27-26-22(18-8-10-19(24)11-9-18)28(23)14-20-3-2-12-30-20/h4-11,20H,2-3,12-15H2,1H3,(H,25,29)/t20-/m1/s1. The van der Waals surface area contributed by atoms with E-state index in [-0.39, 0.29) is 23.6 Å². The summed E-state index contributed by atoms with van der Waals surface area (Å²) in [5.74, 6) is 0.520. The molecule has 162 valence electrons. The Labute approximate surface area is 185 Å². The van der Waals surface area contributed by atoms with E-state index in [9.17, 15) is 9.18 Å². The molecule has 1 saturated heterocycles. The van der Waals surface area contributed by atoms with Crippen molar-refractivity contribution in [3.05, 3.63) is 65.5 Å². The number of amides is 1. The summed E-state index contributed by atoms with van der Waals surface area (Å²) in [5, 5.41) is 12.2. The predicted molar refractivity (Wildman–Crippen MR) is 118 cm³/mol. The summed E-state index contributed by atoms with van der Waals surface area (Å²) in [7, 11) is 0. The minimum absolute atomic E-state index is 0.0689. The lowest BCUT2D eigenvalue weighted by atomic mass is 10.1. The van der Waals surface area contributed by atoms with Crippen LogP contribution in [0.3, 0.4) is 0 Å². The normalized spacial score (nSPS) is 15.9. The summed E-state index contributed by atoms with van der Waals surface area (Å²) in [6.45, 7) is 3.88. The van der Waals surface area contributed by atoms with Crippen molar-refractivity contribution in [1.29, 1.82) is 0 Å². The summed E-state index contributed by atoms with van der Waals surface area (Å²) >= 11 is 1.34. The maximum Gasteiger partial charge on any atom is 0.230 e. The number of hydrogen-bond acceptors (Lipinski definition) is 5. The molecule has 2 aromatic carbocycles. The van der Waals surface area contributed by atoms with Crippen LogP contribution >= 0.6 is 11.8 Å². The van der Waals surface area contributed by atoms with Crippen molar-refractivity contribution in [3.8, 4) is 11.4 Å². The average Bonchev–Trinajstić information content (AvgIpc) is 3.43. The molecule has 1 fully saturated rings. The number of aromatic nitrogens is 3. The number of halogens is 1. The van der Waals surface area contributed by atoms with Gasteiger partial charge in [0.25, 0.3) is 0 Å².